The Bertz CT molecular complexity index is 442. The highest BCUT2D eigenvalue weighted by Crippen LogP contribution is 2.16. The highest BCUT2D eigenvalue weighted by atomic mass is 35.5. The number of nitrogens with one attached hydrogen (secondary N) is 2. The number of hydrazine groups is 1. The Labute approximate surface area is 170 Å². The van der Waals surface area contributed by atoms with Crippen molar-refractivity contribution < 1.29 is 0 Å². The standard InChI is InChI=1S/C19H37Cl2N5/c1-5-9-11-15(7-3)13-22-19-25-17(20)24-18(21)26(19)23-14-16(8-4)12-10-6-2/h15-16,19,22-23H,5-14H2,1-4H3. The number of aliphatic imine (C=N–C) groups is 2. The lowest BCUT2D eigenvalue weighted by Crippen LogP contribution is -2.56. The number of hydrogen-bond donors (Lipinski definition) is 2. The number of nitrogens with zero attached hydrogens (tertiary/aromatic N) is 3. The summed E-state index contributed by atoms with van der Waals surface area (Å²) in [7, 11) is 0. The number of rotatable bonds is 14. The lowest BCUT2D eigenvalue weighted by Gasteiger charge is -2.34. The van der Waals surface area contributed by atoms with Crippen LogP contribution < -0.4 is 10.7 Å². The summed E-state index contributed by atoms with van der Waals surface area (Å²) in [6, 6.07) is 0. The minimum Gasteiger partial charge on any atom is -0.277 e. The molecule has 3 unspecified atom stereocenters. The Morgan fingerprint density at radius 2 is 1.54 bits per heavy atom. The fraction of sp³-hybridized carbons (Fsp3) is 0.895. The van der Waals surface area contributed by atoms with E-state index in [0.29, 0.717) is 17.1 Å². The van der Waals surface area contributed by atoms with Crippen molar-refractivity contribution in [2.75, 3.05) is 13.1 Å². The molecule has 1 aliphatic rings. The third-order valence-electron chi connectivity index (χ3n) is 5.08. The van der Waals surface area contributed by atoms with Gasteiger partial charge in [-0.1, -0.05) is 66.2 Å². The molecule has 3 atom stereocenters. The second kappa shape index (κ2) is 13.8. The number of hydrogen-bond acceptors (Lipinski definition) is 5. The monoisotopic (exact) mass is 405 g/mol. The van der Waals surface area contributed by atoms with Crippen LogP contribution in [0.1, 0.15) is 79.1 Å². The maximum atomic E-state index is 6.34. The minimum absolute atomic E-state index is 0.199. The summed E-state index contributed by atoms with van der Waals surface area (Å²) in [4.78, 5) is 8.53. The Balaban J connectivity index is 2.63. The van der Waals surface area contributed by atoms with E-state index in [0.717, 1.165) is 25.9 Å². The molecule has 0 aliphatic carbocycles. The van der Waals surface area contributed by atoms with Gasteiger partial charge >= 0.3 is 0 Å². The molecule has 0 spiro atoms. The van der Waals surface area contributed by atoms with E-state index in [2.05, 4.69) is 48.4 Å². The van der Waals surface area contributed by atoms with Crippen molar-refractivity contribution >= 4 is 33.8 Å². The van der Waals surface area contributed by atoms with Crippen LogP contribution in [0.2, 0.25) is 0 Å². The first-order valence-corrected chi connectivity index (χ1v) is 11.0. The molecule has 1 aliphatic heterocycles. The van der Waals surface area contributed by atoms with Crippen LogP contribution in [0.25, 0.3) is 0 Å². The Hall–Kier alpha value is -0.360. The van der Waals surface area contributed by atoms with E-state index in [1.807, 2.05) is 5.01 Å². The second-order valence-corrected chi connectivity index (χ2v) is 7.80. The van der Waals surface area contributed by atoms with Gasteiger partial charge in [0.15, 0.2) is 6.29 Å². The molecule has 1 heterocycles. The third-order valence-corrected chi connectivity index (χ3v) is 5.53. The van der Waals surface area contributed by atoms with Crippen molar-refractivity contribution in [3.05, 3.63) is 0 Å². The maximum Gasteiger partial charge on any atom is 0.223 e. The zero-order valence-corrected chi connectivity index (χ0v) is 18.4. The predicted molar refractivity (Wildman–Crippen MR) is 115 cm³/mol. The average Bonchev–Trinajstić information content (AvgIpc) is 2.63. The predicted octanol–water partition coefficient (Wildman–Crippen LogP) is 5.30. The Morgan fingerprint density at radius 3 is 2.08 bits per heavy atom. The van der Waals surface area contributed by atoms with Gasteiger partial charge in [0.1, 0.15) is 0 Å². The summed E-state index contributed by atoms with van der Waals surface area (Å²) in [5.41, 5.74) is 3.43. The van der Waals surface area contributed by atoms with Gasteiger partial charge in [-0.2, -0.15) is 4.99 Å². The van der Waals surface area contributed by atoms with Crippen LogP contribution in [-0.4, -0.2) is 35.0 Å². The van der Waals surface area contributed by atoms with Gasteiger partial charge in [-0.25, -0.2) is 15.4 Å². The molecule has 0 aromatic heterocycles. The summed E-state index contributed by atoms with van der Waals surface area (Å²) >= 11 is 12.4. The van der Waals surface area contributed by atoms with Crippen molar-refractivity contribution in [1.82, 2.24) is 15.8 Å². The Kier molecular flexibility index (Phi) is 12.5. The largest absolute Gasteiger partial charge is 0.277 e. The molecule has 0 saturated carbocycles. The zero-order valence-electron chi connectivity index (χ0n) is 16.9. The molecule has 0 saturated heterocycles. The van der Waals surface area contributed by atoms with Crippen LogP contribution in [-0.2, 0) is 0 Å². The van der Waals surface area contributed by atoms with Crippen LogP contribution in [0.3, 0.4) is 0 Å². The van der Waals surface area contributed by atoms with Gasteiger partial charge in [-0.3, -0.25) is 5.32 Å². The van der Waals surface area contributed by atoms with Crippen LogP contribution in [0.15, 0.2) is 9.98 Å². The molecular formula is C19H37Cl2N5. The minimum atomic E-state index is -0.313. The average molecular weight is 406 g/mol. The molecule has 5 nitrogen and oxygen atoms in total. The van der Waals surface area contributed by atoms with Crippen LogP contribution in [0.4, 0.5) is 0 Å². The van der Waals surface area contributed by atoms with E-state index in [4.69, 9.17) is 23.2 Å². The Morgan fingerprint density at radius 1 is 0.962 bits per heavy atom. The van der Waals surface area contributed by atoms with E-state index < -0.39 is 0 Å². The third kappa shape index (κ3) is 8.55. The molecule has 0 fully saturated rings. The molecule has 0 radical (unpaired) electrons. The molecule has 26 heavy (non-hydrogen) atoms. The lowest BCUT2D eigenvalue weighted by molar-refractivity contribution is 0.176. The van der Waals surface area contributed by atoms with Gasteiger partial charge in [-0.05, 0) is 47.9 Å². The zero-order chi connectivity index (χ0) is 19.4. The number of amidine groups is 2. The number of unbranched alkanes of at least 4 members (excludes halogenated alkanes) is 2. The highest BCUT2D eigenvalue weighted by Gasteiger charge is 2.26. The quantitative estimate of drug-likeness (QED) is 0.385. The van der Waals surface area contributed by atoms with E-state index in [9.17, 15) is 0 Å². The normalized spacial score (nSPS) is 19.9. The molecule has 0 aromatic carbocycles. The first-order chi connectivity index (χ1) is 12.5. The SMILES string of the molecule is CCCCC(CC)CNC1N=C(Cl)N=C(Cl)N1NCC(CC)CCCC. The van der Waals surface area contributed by atoms with E-state index in [-0.39, 0.29) is 11.6 Å². The summed E-state index contributed by atoms with van der Waals surface area (Å²) in [5.74, 6) is 1.26. The van der Waals surface area contributed by atoms with Crippen molar-refractivity contribution in [1.29, 1.82) is 0 Å². The maximum absolute atomic E-state index is 6.34. The molecule has 0 aromatic rings. The van der Waals surface area contributed by atoms with Gasteiger partial charge in [0.2, 0.25) is 10.6 Å². The lowest BCUT2D eigenvalue weighted by atomic mass is 9.99. The molecule has 0 bridgehead atoms. The van der Waals surface area contributed by atoms with Crippen LogP contribution in [0, 0.1) is 11.8 Å². The first kappa shape index (κ1) is 23.7. The molecule has 1 rings (SSSR count). The van der Waals surface area contributed by atoms with E-state index in [1.165, 1.54) is 38.5 Å². The van der Waals surface area contributed by atoms with Crippen molar-refractivity contribution in [2.24, 2.45) is 21.8 Å². The fourth-order valence-corrected chi connectivity index (χ4v) is 3.54. The van der Waals surface area contributed by atoms with E-state index in [1.54, 1.807) is 0 Å². The summed E-state index contributed by atoms with van der Waals surface area (Å²) in [6.45, 7) is 10.7. The van der Waals surface area contributed by atoms with Gasteiger partial charge in [-0.15, -0.1) is 0 Å². The number of halogens is 2. The topological polar surface area (TPSA) is 52.0 Å². The molecule has 2 N–H and O–H groups in total. The molecule has 7 heteroatoms. The molecule has 0 amide bonds. The van der Waals surface area contributed by atoms with Gasteiger partial charge in [0.05, 0.1) is 0 Å². The summed E-state index contributed by atoms with van der Waals surface area (Å²) in [5, 5.41) is 5.86. The van der Waals surface area contributed by atoms with Crippen molar-refractivity contribution in [2.45, 2.75) is 85.4 Å². The van der Waals surface area contributed by atoms with E-state index >= 15 is 0 Å². The molecular weight excluding hydrogens is 369 g/mol. The van der Waals surface area contributed by atoms with Crippen LogP contribution in [0.5, 0.6) is 0 Å². The smallest absolute Gasteiger partial charge is 0.223 e. The van der Waals surface area contributed by atoms with Gasteiger partial charge in [0.25, 0.3) is 0 Å². The highest BCUT2D eigenvalue weighted by molar-refractivity contribution is 6.71. The fourth-order valence-electron chi connectivity index (χ4n) is 3.09. The second-order valence-electron chi connectivity index (χ2n) is 7.13. The summed E-state index contributed by atoms with van der Waals surface area (Å²) in [6.07, 6.45) is 9.40. The first-order valence-electron chi connectivity index (χ1n) is 10.3. The summed E-state index contributed by atoms with van der Waals surface area (Å²) < 4.78 is 0. The van der Waals surface area contributed by atoms with Gasteiger partial charge < -0.3 is 0 Å². The van der Waals surface area contributed by atoms with Gasteiger partial charge in [0, 0.05) is 13.1 Å². The molecule has 152 valence electrons. The van der Waals surface area contributed by atoms with Crippen molar-refractivity contribution in [3.63, 3.8) is 0 Å². The van der Waals surface area contributed by atoms with Crippen LogP contribution >= 0.6 is 23.2 Å². The van der Waals surface area contributed by atoms with Crippen molar-refractivity contribution in [3.8, 4) is 0 Å².